The molecule has 0 aliphatic rings. The molecule has 0 radical (unpaired) electrons. The first-order valence-electron chi connectivity index (χ1n) is 8.20. The second-order valence-corrected chi connectivity index (χ2v) is 7.32. The third-order valence-electron chi connectivity index (χ3n) is 3.39. The van der Waals surface area contributed by atoms with Gasteiger partial charge in [-0.15, -0.1) is 0 Å². The molecule has 2 aromatic carbocycles. The van der Waals surface area contributed by atoms with Crippen molar-refractivity contribution in [1.82, 2.24) is 5.43 Å². The number of nitrogens with one attached hydrogen (secondary N) is 1. The lowest BCUT2D eigenvalue weighted by atomic mass is 10.2. The standard InChI is InChI=1S/C19H18BrIN2O5/c1-3-27-16-9-12(8-15(21)18(16)28-11-17(24)26-2)10-22-23-19(25)13-6-4-5-7-14(13)20/h4-10H,3,11H2,1-2H3,(H,23,25)/b22-10-. The number of amides is 1. The van der Waals surface area contributed by atoms with Crippen LogP contribution in [0.5, 0.6) is 11.5 Å². The molecule has 0 saturated heterocycles. The number of ether oxygens (including phenoxy) is 3. The highest BCUT2D eigenvalue weighted by Crippen LogP contribution is 2.34. The molecule has 2 rings (SSSR count). The highest BCUT2D eigenvalue weighted by Gasteiger charge is 2.14. The Morgan fingerprint density at radius 2 is 2.00 bits per heavy atom. The molecule has 28 heavy (non-hydrogen) atoms. The van der Waals surface area contributed by atoms with Gasteiger partial charge in [-0.25, -0.2) is 10.2 Å². The summed E-state index contributed by atoms with van der Waals surface area (Å²) in [5.41, 5.74) is 3.67. The highest BCUT2D eigenvalue weighted by molar-refractivity contribution is 14.1. The number of carbonyl (C=O) groups is 2. The Kier molecular flexibility index (Phi) is 8.71. The van der Waals surface area contributed by atoms with Gasteiger partial charge in [0.15, 0.2) is 18.1 Å². The Hall–Kier alpha value is -2.14. The van der Waals surface area contributed by atoms with Gasteiger partial charge in [0.05, 0.1) is 29.1 Å². The summed E-state index contributed by atoms with van der Waals surface area (Å²) in [4.78, 5) is 23.5. The first kappa shape index (κ1) is 22.2. The molecule has 2 aromatic rings. The van der Waals surface area contributed by atoms with Crippen molar-refractivity contribution < 1.29 is 23.8 Å². The van der Waals surface area contributed by atoms with Crippen molar-refractivity contribution in [3.63, 3.8) is 0 Å². The van der Waals surface area contributed by atoms with Crippen molar-refractivity contribution in [2.75, 3.05) is 20.3 Å². The van der Waals surface area contributed by atoms with Crippen LogP contribution in [0.25, 0.3) is 0 Å². The fourth-order valence-corrected chi connectivity index (χ4v) is 3.37. The van der Waals surface area contributed by atoms with Crippen LogP contribution in [-0.4, -0.2) is 38.4 Å². The Bertz CT molecular complexity index is 889. The highest BCUT2D eigenvalue weighted by atomic mass is 127. The van der Waals surface area contributed by atoms with Crippen molar-refractivity contribution in [3.8, 4) is 11.5 Å². The predicted molar refractivity (Wildman–Crippen MR) is 117 cm³/mol. The number of hydrazone groups is 1. The van der Waals surface area contributed by atoms with E-state index in [2.05, 4.69) is 53.8 Å². The van der Waals surface area contributed by atoms with Gasteiger partial charge in [-0.1, -0.05) is 12.1 Å². The van der Waals surface area contributed by atoms with E-state index in [9.17, 15) is 9.59 Å². The largest absolute Gasteiger partial charge is 0.490 e. The number of rotatable bonds is 8. The van der Waals surface area contributed by atoms with Crippen LogP contribution in [0.4, 0.5) is 0 Å². The van der Waals surface area contributed by atoms with E-state index in [1.165, 1.54) is 13.3 Å². The molecule has 0 aliphatic heterocycles. The van der Waals surface area contributed by atoms with Crippen molar-refractivity contribution in [1.29, 1.82) is 0 Å². The van der Waals surface area contributed by atoms with Crippen LogP contribution in [-0.2, 0) is 9.53 Å². The van der Waals surface area contributed by atoms with Crippen LogP contribution in [0.1, 0.15) is 22.8 Å². The number of hydrogen-bond acceptors (Lipinski definition) is 6. The van der Waals surface area contributed by atoms with Crippen LogP contribution < -0.4 is 14.9 Å². The van der Waals surface area contributed by atoms with Crippen molar-refractivity contribution in [2.24, 2.45) is 5.10 Å². The number of methoxy groups -OCH3 is 1. The summed E-state index contributed by atoms with van der Waals surface area (Å²) < 4.78 is 17.1. The topological polar surface area (TPSA) is 86.2 Å². The second kappa shape index (κ2) is 11.0. The van der Waals surface area contributed by atoms with Crippen LogP contribution in [0.3, 0.4) is 0 Å². The lowest BCUT2D eigenvalue weighted by Gasteiger charge is -2.14. The molecule has 0 bridgehead atoms. The molecule has 0 spiro atoms. The zero-order chi connectivity index (χ0) is 20.5. The number of benzene rings is 2. The van der Waals surface area contributed by atoms with Gasteiger partial charge >= 0.3 is 5.97 Å². The van der Waals surface area contributed by atoms with Gasteiger partial charge in [0.2, 0.25) is 0 Å². The fraction of sp³-hybridized carbons (Fsp3) is 0.211. The quantitative estimate of drug-likeness (QED) is 0.230. The number of halogens is 2. The molecule has 0 unspecified atom stereocenters. The Morgan fingerprint density at radius 1 is 1.25 bits per heavy atom. The third kappa shape index (κ3) is 6.20. The minimum atomic E-state index is -0.487. The van der Waals surface area contributed by atoms with E-state index in [0.717, 1.165) is 3.57 Å². The molecule has 0 aliphatic carbocycles. The zero-order valence-electron chi connectivity index (χ0n) is 15.2. The molecule has 1 N–H and O–H groups in total. The number of esters is 1. The number of carbonyl (C=O) groups excluding carboxylic acids is 2. The van der Waals surface area contributed by atoms with Crippen LogP contribution in [0.2, 0.25) is 0 Å². The second-order valence-electron chi connectivity index (χ2n) is 5.31. The monoisotopic (exact) mass is 560 g/mol. The van der Waals surface area contributed by atoms with E-state index < -0.39 is 5.97 Å². The van der Waals surface area contributed by atoms with Crippen LogP contribution in [0, 0.1) is 3.57 Å². The summed E-state index contributed by atoms with van der Waals surface area (Å²) in [5, 5.41) is 4.00. The first-order valence-corrected chi connectivity index (χ1v) is 10.1. The Balaban J connectivity index is 2.14. The fourth-order valence-electron chi connectivity index (χ4n) is 2.13. The molecule has 1 amide bonds. The third-order valence-corrected chi connectivity index (χ3v) is 4.88. The van der Waals surface area contributed by atoms with E-state index in [1.807, 2.05) is 13.0 Å². The molecule has 148 valence electrons. The molecule has 9 heteroatoms. The first-order chi connectivity index (χ1) is 13.5. The van der Waals surface area contributed by atoms with E-state index in [0.29, 0.717) is 33.7 Å². The molecule has 0 aromatic heterocycles. The number of hydrogen-bond donors (Lipinski definition) is 1. The zero-order valence-corrected chi connectivity index (χ0v) is 18.9. The summed E-state index contributed by atoms with van der Waals surface area (Å²) in [6.45, 7) is 2.04. The van der Waals surface area contributed by atoms with Gasteiger partial charge in [0.25, 0.3) is 5.91 Å². The summed E-state index contributed by atoms with van der Waals surface area (Å²) >= 11 is 5.41. The van der Waals surface area contributed by atoms with E-state index >= 15 is 0 Å². The van der Waals surface area contributed by atoms with Crippen molar-refractivity contribution in [3.05, 3.63) is 55.6 Å². The average molecular weight is 561 g/mol. The van der Waals surface area contributed by atoms with Crippen LogP contribution >= 0.6 is 38.5 Å². The summed E-state index contributed by atoms with van der Waals surface area (Å²) in [6, 6.07) is 10.6. The van der Waals surface area contributed by atoms with Gasteiger partial charge in [0.1, 0.15) is 0 Å². The molecular formula is C19H18BrIN2O5. The lowest BCUT2D eigenvalue weighted by Crippen LogP contribution is -2.18. The van der Waals surface area contributed by atoms with Gasteiger partial charge in [0, 0.05) is 4.47 Å². The minimum Gasteiger partial charge on any atom is -0.490 e. The van der Waals surface area contributed by atoms with Gasteiger partial charge in [-0.05, 0) is 75.3 Å². The smallest absolute Gasteiger partial charge is 0.343 e. The SMILES string of the molecule is CCOc1cc(/C=N\NC(=O)c2ccccc2Br)cc(I)c1OCC(=O)OC. The van der Waals surface area contributed by atoms with Gasteiger partial charge in [-0.3, -0.25) is 4.79 Å². The van der Waals surface area contributed by atoms with Crippen molar-refractivity contribution in [2.45, 2.75) is 6.92 Å². The van der Waals surface area contributed by atoms with Gasteiger partial charge < -0.3 is 14.2 Å². The molecule has 0 fully saturated rings. The maximum absolute atomic E-state index is 12.2. The Labute approximate surface area is 184 Å². The molecule has 0 saturated carbocycles. The van der Waals surface area contributed by atoms with Crippen LogP contribution in [0.15, 0.2) is 46.0 Å². The van der Waals surface area contributed by atoms with E-state index in [-0.39, 0.29) is 12.5 Å². The lowest BCUT2D eigenvalue weighted by molar-refractivity contribution is -0.142. The average Bonchev–Trinajstić information content (AvgIpc) is 2.67. The molecule has 7 nitrogen and oxygen atoms in total. The minimum absolute atomic E-state index is 0.220. The summed E-state index contributed by atoms with van der Waals surface area (Å²) in [5.74, 6) is 0.0966. The van der Waals surface area contributed by atoms with E-state index in [1.54, 1.807) is 30.3 Å². The predicted octanol–water partition coefficient (Wildman–Crippen LogP) is 3.77. The van der Waals surface area contributed by atoms with E-state index in [4.69, 9.17) is 9.47 Å². The van der Waals surface area contributed by atoms with Crippen molar-refractivity contribution >= 4 is 56.6 Å². The number of nitrogens with zero attached hydrogens (tertiary/aromatic N) is 1. The van der Waals surface area contributed by atoms with Gasteiger partial charge in [-0.2, -0.15) is 5.10 Å². The maximum atomic E-state index is 12.2. The molecular weight excluding hydrogens is 543 g/mol. The molecule has 0 heterocycles. The normalized spacial score (nSPS) is 10.6. The Morgan fingerprint density at radius 3 is 2.68 bits per heavy atom. The summed E-state index contributed by atoms with van der Waals surface area (Å²) in [7, 11) is 1.29. The molecule has 0 atom stereocenters. The maximum Gasteiger partial charge on any atom is 0.343 e. The summed E-state index contributed by atoms with van der Waals surface area (Å²) in [6.07, 6.45) is 1.50.